The summed E-state index contributed by atoms with van der Waals surface area (Å²) in [7, 11) is 3.82. The standard InChI is InChI=1S/C15H26N4O2/c1-18(2)15-16-14(21-17-15)10-19-9-5-7-12(19)11-6-3-4-8-13(11)20/h11-13,20H,3-10H2,1-2H3. The van der Waals surface area contributed by atoms with Gasteiger partial charge in [-0.25, -0.2) is 0 Å². The van der Waals surface area contributed by atoms with Gasteiger partial charge in [0.15, 0.2) is 0 Å². The summed E-state index contributed by atoms with van der Waals surface area (Å²) in [6, 6.07) is 0.468. The van der Waals surface area contributed by atoms with Gasteiger partial charge in [0.2, 0.25) is 5.89 Å². The van der Waals surface area contributed by atoms with Crippen molar-refractivity contribution in [1.82, 2.24) is 15.0 Å². The number of hydrogen-bond donors (Lipinski definition) is 1. The van der Waals surface area contributed by atoms with Crippen LogP contribution in [0.3, 0.4) is 0 Å². The van der Waals surface area contributed by atoms with Gasteiger partial charge in [0.1, 0.15) is 0 Å². The van der Waals surface area contributed by atoms with Crippen LogP contribution in [-0.4, -0.2) is 52.9 Å². The maximum atomic E-state index is 10.3. The molecule has 118 valence electrons. The largest absolute Gasteiger partial charge is 0.393 e. The minimum atomic E-state index is -0.135. The second kappa shape index (κ2) is 6.32. The molecule has 3 atom stereocenters. The molecule has 1 aliphatic heterocycles. The predicted molar refractivity (Wildman–Crippen MR) is 80.0 cm³/mol. The van der Waals surface area contributed by atoms with Crippen molar-refractivity contribution in [2.45, 2.75) is 57.2 Å². The van der Waals surface area contributed by atoms with Gasteiger partial charge in [-0.1, -0.05) is 12.8 Å². The molecule has 1 saturated carbocycles. The van der Waals surface area contributed by atoms with E-state index >= 15 is 0 Å². The van der Waals surface area contributed by atoms with E-state index in [1.807, 2.05) is 19.0 Å². The summed E-state index contributed by atoms with van der Waals surface area (Å²) in [6.07, 6.45) is 6.76. The molecule has 0 amide bonds. The highest BCUT2D eigenvalue weighted by atomic mass is 16.5. The van der Waals surface area contributed by atoms with Crippen LogP contribution in [0.4, 0.5) is 5.95 Å². The molecular weight excluding hydrogens is 268 g/mol. The SMILES string of the molecule is CN(C)c1noc(CN2CCCC2C2CCCCC2O)n1. The van der Waals surface area contributed by atoms with Gasteiger partial charge in [-0.2, -0.15) is 4.98 Å². The molecule has 2 heterocycles. The van der Waals surface area contributed by atoms with Crippen LogP contribution in [0.1, 0.15) is 44.4 Å². The number of hydrogen-bond acceptors (Lipinski definition) is 6. The van der Waals surface area contributed by atoms with Crippen molar-refractivity contribution in [2.24, 2.45) is 5.92 Å². The molecule has 3 rings (SSSR count). The molecule has 1 aromatic heterocycles. The summed E-state index contributed by atoms with van der Waals surface area (Å²) < 4.78 is 5.34. The molecule has 0 spiro atoms. The van der Waals surface area contributed by atoms with E-state index < -0.39 is 0 Å². The van der Waals surface area contributed by atoms with Crippen molar-refractivity contribution in [1.29, 1.82) is 0 Å². The Morgan fingerprint density at radius 2 is 2.05 bits per heavy atom. The Labute approximate surface area is 126 Å². The number of aliphatic hydroxyl groups is 1. The van der Waals surface area contributed by atoms with Crippen LogP contribution in [0, 0.1) is 5.92 Å². The minimum absolute atomic E-state index is 0.135. The first kappa shape index (κ1) is 14.8. The molecule has 1 aliphatic carbocycles. The molecule has 2 fully saturated rings. The maximum absolute atomic E-state index is 10.3. The lowest BCUT2D eigenvalue weighted by atomic mass is 9.80. The van der Waals surface area contributed by atoms with E-state index in [1.54, 1.807) is 0 Å². The van der Waals surface area contributed by atoms with Gasteiger partial charge in [0.05, 0.1) is 12.6 Å². The second-order valence-corrected chi connectivity index (χ2v) is 6.58. The molecule has 1 aromatic rings. The maximum Gasteiger partial charge on any atom is 0.265 e. The highest BCUT2D eigenvalue weighted by Gasteiger charge is 2.37. The van der Waals surface area contributed by atoms with Crippen LogP contribution < -0.4 is 4.90 Å². The molecule has 0 aromatic carbocycles. The van der Waals surface area contributed by atoms with E-state index in [0.717, 1.165) is 19.4 Å². The minimum Gasteiger partial charge on any atom is -0.393 e. The fraction of sp³-hybridized carbons (Fsp3) is 0.867. The third kappa shape index (κ3) is 3.21. The van der Waals surface area contributed by atoms with Crippen molar-refractivity contribution < 1.29 is 9.63 Å². The van der Waals surface area contributed by atoms with Crippen molar-refractivity contribution in [3.05, 3.63) is 5.89 Å². The average molecular weight is 294 g/mol. The Bertz CT molecular complexity index is 462. The third-order valence-electron chi connectivity index (χ3n) is 4.89. The van der Waals surface area contributed by atoms with Gasteiger partial charge in [0.25, 0.3) is 5.95 Å². The lowest BCUT2D eigenvalue weighted by molar-refractivity contribution is 0.0178. The molecule has 0 bridgehead atoms. The van der Waals surface area contributed by atoms with Gasteiger partial charge < -0.3 is 14.5 Å². The number of rotatable bonds is 4. The number of aliphatic hydroxyl groups excluding tert-OH is 1. The quantitative estimate of drug-likeness (QED) is 0.911. The molecule has 0 radical (unpaired) electrons. The first-order valence-electron chi connectivity index (χ1n) is 8.07. The Hall–Kier alpha value is -1.14. The van der Waals surface area contributed by atoms with Gasteiger partial charge in [-0.05, 0) is 37.4 Å². The summed E-state index contributed by atoms with van der Waals surface area (Å²) in [5.74, 6) is 1.71. The van der Waals surface area contributed by atoms with Crippen LogP contribution in [0.25, 0.3) is 0 Å². The fourth-order valence-electron chi connectivity index (χ4n) is 3.79. The van der Waals surface area contributed by atoms with E-state index in [9.17, 15) is 5.11 Å². The fourth-order valence-corrected chi connectivity index (χ4v) is 3.79. The molecule has 6 nitrogen and oxygen atoms in total. The van der Waals surface area contributed by atoms with Gasteiger partial charge in [-0.3, -0.25) is 4.90 Å². The van der Waals surface area contributed by atoms with Crippen molar-refractivity contribution in [2.75, 3.05) is 25.5 Å². The smallest absolute Gasteiger partial charge is 0.265 e. The second-order valence-electron chi connectivity index (χ2n) is 6.58. The third-order valence-corrected chi connectivity index (χ3v) is 4.89. The summed E-state index contributed by atoms with van der Waals surface area (Å²) in [5.41, 5.74) is 0. The topological polar surface area (TPSA) is 65.6 Å². The normalized spacial score (nSPS) is 30.7. The molecule has 6 heteroatoms. The number of likely N-dealkylation sites (tertiary alicyclic amines) is 1. The van der Waals surface area contributed by atoms with Gasteiger partial charge in [-0.15, -0.1) is 0 Å². The summed E-state index contributed by atoms with van der Waals surface area (Å²) in [6.45, 7) is 1.77. The van der Waals surface area contributed by atoms with Crippen LogP contribution in [0.2, 0.25) is 0 Å². The monoisotopic (exact) mass is 294 g/mol. The molecule has 2 aliphatic rings. The van der Waals surface area contributed by atoms with Crippen LogP contribution in [0.15, 0.2) is 4.52 Å². The summed E-state index contributed by atoms with van der Waals surface area (Å²) in [5, 5.41) is 14.3. The van der Waals surface area contributed by atoms with Crippen molar-refractivity contribution >= 4 is 5.95 Å². The molecule has 21 heavy (non-hydrogen) atoms. The Kier molecular flexibility index (Phi) is 4.45. The van der Waals surface area contributed by atoms with E-state index in [-0.39, 0.29) is 6.10 Å². The molecule has 3 unspecified atom stereocenters. The van der Waals surface area contributed by atoms with E-state index in [2.05, 4.69) is 15.0 Å². The zero-order valence-electron chi connectivity index (χ0n) is 13.0. The zero-order valence-corrected chi connectivity index (χ0v) is 13.0. The summed E-state index contributed by atoms with van der Waals surface area (Å²) in [4.78, 5) is 8.69. The molecule has 1 N–H and O–H groups in total. The first-order chi connectivity index (χ1) is 10.1. The van der Waals surface area contributed by atoms with Gasteiger partial charge in [0, 0.05) is 26.1 Å². The number of anilines is 1. The van der Waals surface area contributed by atoms with Crippen LogP contribution in [-0.2, 0) is 6.54 Å². The van der Waals surface area contributed by atoms with Crippen molar-refractivity contribution in [3.8, 4) is 0 Å². The molecule has 1 saturated heterocycles. The number of aromatic nitrogens is 2. The van der Waals surface area contributed by atoms with Crippen LogP contribution in [0.5, 0.6) is 0 Å². The zero-order chi connectivity index (χ0) is 14.8. The lowest BCUT2D eigenvalue weighted by Crippen LogP contribution is -2.42. The lowest BCUT2D eigenvalue weighted by Gasteiger charge is -2.36. The highest BCUT2D eigenvalue weighted by Crippen LogP contribution is 2.35. The number of nitrogens with zero attached hydrogens (tertiary/aromatic N) is 4. The Morgan fingerprint density at radius 3 is 2.76 bits per heavy atom. The molecular formula is C15H26N4O2. The summed E-state index contributed by atoms with van der Waals surface area (Å²) >= 11 is 0. The highest BCUT2D eigenvalue weighted by molar-refractivity contribution is 5.23. The van der Waals surface area contributed by atoms with E-state index in [1.165, 1.54) is 25.7 Å². The van der Waals surface area contributed by atoms with Crippen LogP contribution >= 0.6 is 0 Å². The first-order valence-corrected chi connectivity index (χ1v) is 8.07. The Balaban J connectivity index is 1.65. The van der Waals surface area contributed by atoms with Crippen molar-refractivity contribution in [3.63, 3.8) is 0 Å². The van der Waals surface area contributed by atoms with E-state index in [0.29, 0.717) is 30.3 Å². The predicted octanol–water partition coefficient (Wildman–Crippen LogP) is 1.65. The van der Waals surface area contributed by atoms with E-state index in [4.69, 9.17) is 4.52 Å². The van der Waals surface area contributed by atoms with Gasteiger partial charge >= 0.3 is 0 Å². The average Bonchev–Trinajstić information content (AvgIpc) is 3.09. The Morgan fingerprint density at radius 1 is 1.24 bits per heavy atom.